The molecular weight excluding hydrogens is 268 g/mol. The number of carboxylic acid groups (broad SMARTS) is 1. The van der Waals surface area contributed by atoms with Gasteiger partial charge in [0.05, 0.1) is 25.7 Å². The molecule has 0 aliphatic heterocycles. The Morgan fingerprint density at radius 1 is 1.42 bits per heavy atom. The number of ether oxygens (including phenoxy) is 2. The fourth-order valence-corrected chi connectivity index (χ4v) is 2.71. The minimum absolute atomic E-state index is 0.0694. The van der Waals surface area contributed by atoms with Crippen LogP contribution in [-0.2, 0) is 4.79 Å². The second kappa shape index (κ2) is 5.70. The van der Waals surface area contributed by atoms with E-state index in [2.05, 4.69) is 0 Å². The molecule has 0 bridgehead atoms. The minimum atomic E-state index is -0.808. The lowest BCUT2D eigenvalue weighted by Crippen LogP contribution is -2.10. The predicted molar refractivity (Wildman–Crippen MR) is 72.3 cm³/mol. The Kier molecular flexibility index (Phi) is 4.20. The minimum Gasteiger partial charge on any atom is -0.497 e. The smallest absolute Gasteiger partial charge is 0.303 e. The van der Waals surface area contributed by atoms with Gasteiger partial charge in [0, 0.05) is 17.5 Å². The average Bonchev–Trinajstić information content (AvgIpc) is 3.19. The van der Waals surface area contributed by atoms with Crippen LogP contribution in [0, 0.1) is 5.92 Å². The van der Waals surface area contributed by atoms with Crippen LogP contribution in [0.5, 0.6) is 11.5 Å². The SMILES string of the molecule is COc1cc(Cl)c(OC)c(C(CC(=O)O)C2CC2)c1. The number of aliphatic carboxylic acids is 1. The van der Waals surface area contributed by atoms with E-state index in [1.165, 1.54) is 0 Å². The molecule has 1 aromatic carbocycles. The lowest BCUT2D eigenvalue weighted by molar-refractivity contribution is -0.137. The van der Waals surface area contributed by atoms with Crippen molar-refractivity contribution in [2.75, 3.05) is 14.2 Å². The third-order valence-electron chi connectivity index (χ3n) is 3.47. The first-order chi connectivity index (χ1) is 9.06. The molecule has 1 aromatic rings. The summed E-state index contributed by atoms with van der Waals surface area (Å²) in [4.78, 5) is 11.0. The van der Waals surface area contributed by atoms with Gasteiger partial charge < -0.3 is 14.6 Å². The molecular formula is C14H17ClO4. The van der Waals surface area contributed by atoms with Crippen LogP contribution in [0.4, 0.5) is 0 Å². The number of carbonyl (C=O) groups is 1. The average molecular weight is 285 g/mol. The maximum Gasteiger partial charge on any atom is 0.303 e. The lowest BCUT2D eigenvalue weighted by atomic mass is 9.90. The second-order valence-electron chi connectivity index (χ2n) is 4.77. The van der Waals surface area contributed by atoms with Crippen LogP contribution < -0.4 is 9.47 Å². The monoisotopic (exact) mass is 284 g/mol. The molecule has 1 aliphatic rings. The zero-order valence-corrected chi connectivity index (χ0v) is 11.7. The molecule has 19 heavy (non-hydrogen) atoms. The Morgan fingerprint density at radius 3 is 2.58 bits per heavy atom. The largest absolute Gasteiger partial charge is 0.497 e. The van der Waals surface area contributed by atoms with Crippen molar-refractivity contribution in [3.63, 3.8) is 0 Å². The first-order valence-corrected chi connectivity index (χ1v) is 6.57. The van der Waals surface area contributed by atoms with Gasteiger partial charge in [0.1, 0.15) is 11.5 Å². The van der Waals surface area contributed by atoms with Crippen LogP contribution in [0.25, 0.3) is 0 Å². The number of benzene rings is 1. The van der Waals surface area contributed by atoms with E-state index in [0.29, 0.717) is 22.4 Å². The van der Waals surface area contributed by atoms with E-state index >= 15 is 0 Å². The van der Waals surface area contributed by atoms with Crippen LogP contribution in [-0.4, -0.2) is 25.3 Å². The van der Waals surface area contributed by atoms with Gasteiger partial charge in [-0.05, 0) is 24.8 Å². The molecule has 4 nitrogen and oxygen atoms in total. The molecule has 1 atom stereocenters. The number of carboxylic acids is 1. The van der Waals surface area contributed by atoms with Gasteiger partial charge in [-0.2, -0.15) is 0 Å². The van der Waals surface area contributed by atoms with Gasteiger partial charge in [0.25, 0.3) is 0 Å². The molecule has 104 valence electrons. The number of halogens is 1. The van der Waals surface area contributed by atoms with Crippen LogP contribution in [0.15, 0.2) is 12.1 Å². The van der Waals surface area contributed by atoms with Crippen molar-refractivity contribution in [2.24, 2.45) is 5.92 Å². The highest BCUT2D eigenvalue weighted by atomic mass is 35.5. The van der Waals surface area contributed by atoms with E-state index in [1.54, 1.807) is 20.3 Å². The van der Waals surface area contributed by atoms with Crippen molar-refractivity contribution < 1.29 is 19.4 Å². The van der Waals surface area contributed by atoms with Gasteiger partial charge in [-0.25, -0.2) is 0 Å². The zero-order chi connectivity index (χ0) is 14.0. The Labute approximate surface area is 117 Å². The molecule has 0 spiro atoms. The Morgan fingerprint density at radius 2 is 2.11 bits per heavy atom. The first kappa shape index (κ1) is 14.0. The van der Waals surface area contributed by atoms with Crippen LogP contribution in [0.2, 0.25) is 5.02 Å². The van der Waals surface area contributed by atoms with Crippen molar-refractivity contribution in [2.45, 2.75) is 25.2 Å². The summed E-state index contributed by atoms with van der Waals surface area (Å²) in [5.74, 6) is 0.698. The summed E-state index contributed by atoms with van der Waals surface area (Å²) in [5, 5.41) is 9.53. The molecule has 5 heteroatoms. The quantitative estimate of drug-likeness (QED) is 0.870. The maximum atomic E-state index is 11.0. The van der Waals surface area contributed by atoms with E-state index < -0.39 is 5.97 Å². The number of methoxy groups -OCH3 is 2. The first-order valence-electron chi connectivity index (χ1n) is 6.20. The summed E-state index contributed by atoms with van der Waals surface area (Å²) >= 11 is 6.17. The molecule has 0 radical (unpaired) electrons. The maximum absolute atomic E-state index is 11.0. The number of rotatable bonds is 6. The normalized spacial score (nSPS) is 15.9. The van der Waals surface area contributed by atoms with Crippen molar-refractivity contribution in [3.8, 4) is 11.5 Å². The molecule has 1 aliphatic carbocycles. The summed E-state index contributed by atoms with van der Waals surface area (Å²) in [6.45, 7) is 0. The van der Waals surface area contributed by atoms with Crippen molar-refractivity contribution in [3.05, 3.63) is 22.7 Å². The molecule has 1 unspecified atom stereocenters. The van der Waals surface area contributed by atoms with E-state index in [9.17, 15) is 4.79 Å². The summed E-state index contributed by atoms with van der Waals surface area (Å²) in [6, 6.07) is 3.51. The standard InChI is InChI=1S/C14H17ClO4/c1-18-9-5-11(14(19-2)12(15)6-9)10(7-13(16)17)8-3-4-8/h5-6,8,10H,3-4,7H2,1-2H3,(H,16,17). The molecule has 0 aromatic heterocycles. The highest BCUT2D eigenvalue weighted by molar-refractivity contribution is 6.32. The molecule has 1 fully saturated rings. The molecule has 2 rings (SSSR count). The highest BCUT2D eigenvalue weighted by Crippen LogP contribution is 2.49. The van der Waals surface area contributed by atoms with Gasteiger partial charge in [-0.3, -0.25) is 4.79 Å². The van der Waals surface area contributed by atoms with Gasteiger partial charge >= 0.3 is 5.97 Å². The van der Waals surface area contributed by atoms with E-state index in [4.69, 9.17) is 26.2 Å². The van der Waals surface area contributed by atoms with Crippen LogP contribution in [0.3, 0.4) is 0 Å². The number of hydrogen-bond acceptors (Lipinski definition) is 3. The van der Waals surface area contributed by atoms with E-state index in [0.717, 1.165) is 18.4 Å². The van der Waals surface area contributed by atoms with E-state index in [1.807, 2.05) is 6.07 Å². The van der Waals surface area contributed by atoms with Crippen LogP contribution >= 0.6 is 11.6 Å². The number of hydrogen-bond donors (Lipinski definition) is 1. The fourth-order valence-electron chi connectivity index (χ4n) is 2.41. The predicted octanol–water partition coefficient (Wildman–Crippen LogP) is 3.33. The Bertz CT molecular complexity index is 483. The molecule has 1 N–H and O–H groups in total. The summed E-state index contributed by atoms with van der Waals surface area (Å²) < 4.78 is 10.5. The Hall–Kier alpha value is -1.42. The Balaban J connectivity index is 2.44. The van der Waals surface area contributed by atoms with Gasteiger partial charge in [0.2, 0.25) is 0 Å². The third-order valence-corrected chi connectivity index (χ3v) is 3.75. The molecule has 0 amide bonds. The fraction of sp³-hybridized carbons (Fsp3) is 0.500. The molecule has 0 heterocycles. The summed E-state index contributed by atoms with van der Waals surface area (Å²) in [7, 11) is 3.10. The second-order valence-corrected chi connectivity index (χ2v) is 5.18. The van der Waals surface area contributed by atoms with Gasteiger partial charge in [-0.15, -0.1) is 0 Å². The summed E-state index contributed by atoms with van der Waals surface area (Å²) in [6.07, 6.45) is 2.19. The lowest BCUT2D eigenvalue weighted by Gasteiger charge is -2.19. The summed E-state index contributed by atoms with van der Waals surface area (Å²) in [5.41, 5.74) is 0.830. The van der Waals surface area contributed by atoms with Crippen molar-refractivity contribution in [1.82, 2.24) is 0 Å². The third kappa shape index (κ3) is 3.13. The van der Waals surface area contributed by atoms with Crippen molar-refractivity contribution >= 4 is 17.6 Å². The zero-order valence-electron chi connectivity index (χ0n) is 11.0. The van der Waals surface area contributed by atoms with Gasteiger partial charge in [-0.1, -0.05) is 11.6 Å². The van der Waals surface area contributed by atoms with Gasteiger partial charge in [0.15, 0.2) is 0 Å². The van der Waals surface area contributed by atoms with Crippen LogP contribution in [0.1, 0.15) is 30.7 Å². The molecule has 1 saturated carbocycles. The highest BCUT2D eigenvalue weighted by Gasteiger charge is 2.36. The molecule has 0 saturated heterocycles. The van der Waals surface area contributed by atoms with Crippen molar-refractivity contribution in [1.29, 1.82) is 0 Å². The van der Waals surface area contributed by atoms with E-state index in [-0.39, 0.29) is 12.3 Å². The topological polar surface area (TPSA) is 55.8 Å².